The number of benzene rings is 6. The van der Waals surface area contributed by atoms with Crippen LogP contribution in [0.15, 0.2) is 130 Å². The first-order valence-electron chi connectivity index (χ1n) is 17.2. The van der Waals surface area contributed by atoms with Gasteiger partial charge in [-0.15, -0.1) is 0 Å². The lowest BCUT2D eigenvalue weighted by molar-refractivity contribution is 0.237. The Morgan fingerprint density at radius 2 is 0.648 bits per heavy atom. The van der Waals surface area contributed by atoms with Gasteiger partial charge < -0.3 is 38.6 Å². The average Bonchev–Trinajstić information content (AvgIpc) is 3.22. The second-order valence-electron chi connectivity index (χ2n) is 12.1. The van der Waals surface area contributed by atoms with E-state index in [1.165, 1.54) is 14.2 Å². The molecule has 2 N–H and O–H groups in total. The van der Waals surface area contributed by atoms with Gasteiger partial charge in [-0.2, -0.15) is 0 Å². The summed E-state index contributed by atoms with van der Waals surface area (Å²) in [4.78, 5) is 0. The van der Waals surface area contributed by atoms with Crippen molar-refractivity contribution in [2.45, 2.75) is 39.6 Å². The zero-order valence-corrected chi connectivity index (χ0v) is 33.1. The topological polar surface area (TPSA) is 95.8 Å². The van der Waals surface area contributed by atoms with Crippen molar-refractivity contribution in [1.29, 1.82) is 0 Å². The summed E-state index contributed by atoms with van der Waals surface area (Å²) >= 11 is 7.54. The molecule has 8 nitrogen and oxygen atoms in total. The Morgan fingerprint density at radius 1 is 0.389 bits per heavy atom. The normalized spacial score (nSPS) is 10.9. The van der Waals surface area contributed by atoms with Crippen LogP contribution in [-0.4, -0.2) is 24.4 Å². The minimum absolute atomic E-state index is 0.189. The Labute approximate surface area is 332 Å². The van der Waals surface area contributed by atoms with E-state index in [1.807, 2.05) is 121 Å². The Kier molecular flexibility index (Phi) is 13.5. The van der Waals surface area contributed by atoms with E-state index in [2.05, 4.69) is 31.9 Å². The van der Waals surface area contributed by atoms with Crippen molar-refractivity contribution in [2.24, 2.45) is 0 Å². The lowest BCUT2D eigenvalue weighted by atomic mass is 9.92. The van der Waals surface area contributed by atoms with Gasteiger partial charge in [-0.25, -0.2) is 0 Å². The van der Waals surface area contributed by atoms with Crippen LogP contribution in [0, 0.1) is 0 Å². The van der Waals surface area contributed by atoms with Crippen molar-refractivity contribution in [3.8, 4) is 45.6 Å². The lowest BCUT2D eigenvalue weighted by Crippen LogP contribution is -2.10. The van der Waals surface area contributed by atoms with Gasteiger partial charge in [0.15, 0.2) is 23.0 Å². The molecule has 0 aromatic heterocycles. The fourth-order valence-corrected chi connectivity index (χ4v) is 7.29. The maximum Gasteiger partial charge on any atom is 0.205 e. The van der Waals surface area contributed by atoms with Crippen LogP contribution in [0.1, 0.15) is 33.4 Å². The van der Waals surface area contributed by atoms with Crippen molar-refractivity contribution < 1.29 is 38.6 Å². The number of rotatable bonds is 17. The van der Waals surface area contributed by atoms with Crippen LogP contribution in [0.3, 0.4) is 0 Å². The highest BCUT2D eigenvalue weighted by Gasteiger charge is 2.34. The Balaban J connectivity index is 1.58. The van der Waals surface area contributed by atoms with Crippen LogP contribution < -0.4 is 28.4 Å². The van der Waals surface area contributed by atoms with Crippen LogP contribution in [0.2, 0.25) is 0 Å². The van der Waals surface area contributed by atoms with E-state index in [0.717, 1.165) is 22.3 Å². The molecular weight excluding hydrogens is 816 g/mol. The minimum Gasteiger partial charge on any atom is -0.492 e. The number of hydrogen-bond donors (Lipinski definition) is 2. The van der Waals surface area contributed by atoms with Gasteiger partial charge in [0.1, 0.15) is 26.4 Å². The van der Waals surface area contributed by atoms with Gasteiger partial charge in [0, 0.05) is 22.3 Å². The Hall–Kier alpha value is -5.00. The van der Waals surface area contributed by atoms with E-state index in [4.69, 9.17) is 28.4 Å². The first-order valence-corrected chi connectivity index (χ1v) is 18.8. The smallest absolute Gasteiger partial charge is 0.205 e. The number of aliphatic hydroxyl groups is 2. The third kappa shape index (κ3) is 8.69. The molecule has 6 aromatic rings. The Morgan fingerprint density at radius 3 is 0.889 bits per heavy atom. The fraction of sp³-hybridized carbons (Fsp3) is 0.182. The molecule has 0 atom stereocenters. The molecule has 54 heavy (non-hydrogen) atoms. The molecule has 6 rings (SSSR count). The molecule has 0 saturated heterocycles. The van der Waals surface area contributed by atoms with Crippen LogP contribution in [-0.2, 0) is 39.6 Å². The number of methoxy groups -OCH3 is 2. The van der Waals surface area contributed by atoms with Crippen molar-refractivity contribution in [2.75, 3.05) is 14.2 Å². The molecule has 0 heterocycles. The standard InChI is InChI=1S/C44H40Br2O8/c1-49-39-35(33(23-47)37(45)41(51-25-29-15-7-3-8-16-29)43(39)53-27-31-19-11-5-12-20-31)36-34(24-48)38(46)42(52-26-30-17-9-4-10-18-30)44(40(36)50-2)54-28-32-21-13-6-14-22-32/h3-22,47-48H,23-28H2,1-2H3. The van der Waals surface area contributed by atoms with Crippen LogP contribution >= 0.6 is 31.9 Å². The molecule has 0 saturated carbocycles. The highest BCUT2D eigenvalue weighted by molar-refractivity contribution is 9.11. The summed E-state index contributed by atoms with van der Waals surface area (Å²) in [6, 6.07) is 39.0. The van der Waals surface area contributed by atoms with Crippen LogP contribution in [0.5, 0.6) is 34.5 Å². The molecule has 0 amide bonds. The molecular formula is C44H40Br2O8. The molecule has 0 fully saturated rings. The Bertz CT molecular complexity index is 1980. The van der Waals surface area contributed by atoms with Gasteiger partial charge in [0.05, 0.1) is 36.4 Å². The van der Waals surface area contributed by atoms with Gasteiger partial charge in [0.2, 0.25) is 11.5 Å². The molecule has 0 aliphatic heterocycles. The molecule has 0 aliphatic carbocycles. The van der Waals surface area contributed by atoms with Gasteiger partial charge in [-0.05, 0) is 54.1 Å². The molecule has 278 valence electrons. The number of aliphatic hydroxyl groups excluding tert-OH is 2. The number of ether oxygens (including phenoxy) is 6. The third-order valence-electron chi connectivity index (χ3n) is 8.69. The van der Waals surface area contributed by atoms with Crippen molar-refractivity contribution >= 4 is 31.9 Å². The number of hydrogen-bond acceptors (Lipinski definition) is 8. The monoisotopic (exact) mass is 854 g/mol. The van der Waals surface area contributed by atoms with E-state index in [-0.39, 0.29) is 49.4 Å². The molecule has 0 radical (unpaired) electrons. The van der Waals surface area contributed by atoms with E-state index in [9.17, 15) is 10.2 Å². The summed E-state index contributed by atoms with van der Waals surface area (Å²) in [7, 11) is 3.04. The quantitative estimate of drug-likeness (QED) is 0.0937. The van der Waals surface area contributed by atoms with E-state index >= 15 is 0 Å². The molecule has 0 spiro atoms. The molecule has 0 aliphatic rings. The highest BCUT2D eigenvalue weighted by atomic mass is 79.9. The van der Waals surface area contributed by atoms with Gasteiger partial charge in [-0.3, -0.25) is 0 Å². The van der Waals surface area contributed by atoms with E-state index in [0.29, 0.717) is 42.7 Å². The summed E-state index contributed by atoms with van der Waals surface area (Å²) in [5.74, 6) is 1.77. The van der Waals surface area contributed by atoms with E-state index < -0.39 is 13.2 Å². The fourth-order valence-electron chi connectivity index (χ4n) is 6.05. The van der Waals surface area contributed by atoms with Crippen molar-refractivity contribution in [3.05, 3.63) is 164 Å². The molecule has 6 aromatic carbocycles. The first-order chi connectivity index (χ1) is 26.5. The minimum atomic E-state index is -0.439. The zero-order valence-electron chi connectivity index (χ0n) is 29.9. The molecule has 0 unspecified atom stereocenters. The highest BCUT2D eigenvalue weighted by Crippen LogP contribution is 2.59. The van der Waals surface area contributed by atoms with Gasteiger partial charge in [0.25, 0.3) is 0 Å². The van der Waals surface area contributed by atoms with Crippen molar-refractivity contribution in [1.82, 2.24) is 0 Å². The second kappa shape index (κ2) is 18.9. The predicted molar refractivity (Wildman–Crippen MR) is 215 cm³/mol. The number of halogens is 2. The summed E-state index contributed by atoms with van der Waals surface area (Å²) < 4.78 is 39.3. The largest absolute Gasteiger partial charge is 0.492 e. The molecule has 0 bridgehead atoms. The van der Waals surface area contributed by atoms with Crippen LogP contribution in [0.4, 0.5) is 0 Å². The van der Waals surface area contributed by atoms with Gasteiger partial charge >= 0.3 is 0 Å². The van der Waals surface area contributed by atoms with Crippen molar-refractivity contribution in [3.63, 3.8) is 0 Å². The zero-order chi connectivity index (χ0) is 37.9. The average molecular weight is 857 g/mol. The van der Waals surface area contributed by atoms with Crippen LogP contribution in [0.25, 0.3) is 11.1 Å². The van der Waals surface area contributed by atoms with E-state index in [1.54, 1.807) is 0 Å². The maximum atomic E-state index is 11.1. The second-order valence-corrected chi connectivity index (χ2v) is 13.7. The lowest BCUT2D eigenvalue weighted by Gasteiger charge is -2.27. The maximum absolute atomic E-state index is 11.1. The summed E-state index contributed by atoms with van der Waals surface area (Å²) in [5.41, 5.74) is 5.35. The predicted octanol–water partition coefficient (Wildman–Crippen LogP) is 10.2. The van der Waals surface area contributed by atoms with Gasteiger partial charge in [-0.1, -0.05) is 121 Å². The molecule has 10 heteroatoms. The summed E-state index contributed by atoms with van der Waals surface area (Å²) in [5, 5.41) is 22.2. The third-order valence-corrected chi connectivity index (χ3v) is 10.4. The summed E-state index contributed by atoms with van der Waals surface area (Å²) in [6.45, 7) is -0.0637. The summed E-state index contributed by atoms with van der Waals surface area (Å²) in [6.07, 6.45) is 0. The SMILES string of the molecule is COc1c(OCc2ccccc2)c(OCc2ccccc2)c(Br)c(CO)c1-c1c(CO)c(Br)c(OCc2ccccc2)c(OCc2ccccc2)c1OC. The first kappa shape index (κ1) is 38.7.